The Hall–Kier alpha value is -4.11. The first-order chi connectivity index (χ1) is 18.3. The van der Waals surface area contributed by atoms with Crippen molar-refractivity contribution in [3.8, 4) is 5.82 Å². The lowest BCUT2D eigenvalue weighted by atomic mass is 9.96. The highest BCUT2D eigenvalue weighted by molar-refractivity contribution is 7.80. The molecule has 5 rings (SSSR count). The Morgan fingerprint density at radius 3 is 2.55 bits per heavy atom. The van der Waals surface area contributed by atoms with Crippen molar-refractivity contribution in [1.82, 2.24) is 24.8 Å². The number of aryl methyl sites for hydroxylation is 2. The number of halogens is 1. The van der Waals surface area contributed by atoms with Crippen LogP contribution in [0.15, 0.2) is 73.1 Å². The number of nitrogens with one attached hydrogen (secondary N) is 2. The summed E-state index contributed by atoms with van der Waals surface area (Å²) < 4.78 is 16.2. The van der Waals surface area contributed by atoms with Crippen LogP contribution in [0.3, 0.4) is 0 Å². The first-order valence-corrected chi connectivity index (χ1v) is 12.9. The van der Waals surface area contributed by atoms with E-state index in [-0.39, 0.29) is 30.1 Å². The smallest absolute Gasteiger partial charge is 0.226 e. The molecule has 9 heteroatoms. The van der Waals surface area contributed by atoms with E-state index in [4.69, 9.17) is 12.2 Å². The van der Waals surface area contributed by atoms with Gasteiger partial charge in [0, 0.05) is 36.7 Å². The predicted molar refractivity (Wildman–Crippen MR) is 150 cm³/mol. The molecule has 0 aliphatic carbocycles. The highest BCUT2D eigenvalue weighted by atomic mass is 32.1. The molecule has 4 heterocycles. The molecule has 194 valence electrons. The second kappa shape index (κ2) is 10.7. The summed E-state index contributed by atoms with van der Waals surface area (Å²) >= 11 is 5.77. The fourth-order valence-electron chi connectivity index (χ4n) is 5.11. The summed E-state index contributed by atoms with van der Waals surface area (Å²) in [6.07, 6.45) is 3.70. The van der Waals surface area contributed by atoms with Crippen molar-refractivity contribution in [2.45, 2.75) is 39.3 Å². The van der Waals surface area contributed by atoms with Crippen LogP contribution in [0.4, 0.5) is 10.1 Å². The molecule has 2 N–H and O–H groups in total. The van der Waals surface area contributed by atoms with Gasteiger partial charge in [0.05, 0.1) is 23.5 Å². The van der Waals surface area contributed by atoms with Gasteiger partial charge in [-0.1, -0.05) is 24.3 Å². The van der Waals surface area contributed by atoms with Crippen LogP contribution in [0.2, 0.25) is 0 Å². The third kappa shape index (κ3) is 4.89. The number of nitrogens with zero attached hydrogens (tertiary/aromatic N) is 4. The zero-order valence-corrected chi connectivity index (χ0v) is 22.3. The fourth-order valence-corrected chi connectivity index (χ4v) is 5.44. The van der Waals surface area contributed by atoms with E-state index in [1.807, 2.05) is 42.2 Å². The van der Waals surface area contributed by atoms with Gasteiger partial charge in [-0.3, -0.25) is 9.78 Å². The van der Waals surface area contributed by atoms with E-state index in [0.717, 1.165) is 34.0 Å². The summed E-state index contributed by atoms with van der Waals surface area (Å²) in [5, 5.41) is 6.65. The maximum absolute atomic E-state index is 14.1. The average molecular weight is 529 g/mol. The van der Waals surface area contributed by atoms with Crippen LogP contribution in [0.5, 0.6) is 0 Å². The number of pyridine rings is 2. The highest BCUT2D eigenvalue weighted by Crippen LogP contribution is 2.41. The molecule has 1 aromatic carbocycles. The lowest BCUT2D eigenvalue weighted by Gasteiger charge is -2.28. The lowest BCUT2D eigenvalue weighted by Crippen LogP contribution is -2.33. The normalized spacial score (nSPS) is 16.9. The van der Waals surface area contributed by atoms with Gasteiger partial charge >= 0.3 is 0 Å². The Bertz CT molecular complexity index is 1490. The van der Waals surface area contributed by atoms with E-state index >= 15 is 0 Å². The largest absolute Gasteiger partial charge is 0.352 e. The Labute approximate surface area is 226 Å². The number of hydrogen-bond donors (Lipinski definition) is 2. The SMILES string of the molecule is Cc1cccnc1-n1c(C)cc([C@@H]2[C@H](c3ccccn3)NC(=S)N2CCC(=O)Nc2ccccc2F)c1C. The van der Waals surface area contributed by atoms with Gasteiger partial charge in [-0.05, 0) is 80.5 Å². The molecular weight excluding hydrogens is 499 g/mol. The van der Waals surface area contributed by atoms with Crippen molar-refractivity contribution in [3.05, 3.63) is 107 Å². The van der Waals surface area contributed by atoms with Gasteiger partial charge < -0.3 is 20.1 Å². The Balaban J connectivity index is 1.48. The molecule has 1 saturated heterocycles. The summed E-state index contributed by atoms with van der Waals surface area (Å²) in [5.74, 6) is 0.129. The summed E-state index contributed by atoms with van der Waals surface area (Å²) in [5.41, 5.74) is 5.26. The topological polar surface area (TPSA) is 75.1 Å². The van der Waals surface area contributed by atoms with Crippen molar-refractivity contribution in [2.75, 3.05) is 11.9 Å². The average Bonchev–Trinajstić information content (AvgIpc) is 3.39. The van der Waals surface area contributed by atoms with Crippen molar-refractivity contribution < 1.29 is 9.18 Å². The molecule has 0 unspecified atom stereocenters. The number of para-hydroxylation sites is 1. The molecule has 1 aliphatic rings. The van der Waals surface area contributed by atoms with Gasteiger partial charge in [-0.15, -0.1) is 0 Å². The number of rotatable bonds is 7. The van der Waals surface area contributed by atoms with E-state index < -0.39 is 5.82 Å². The molecule has 7 nitrogen and oxygen atoms in total. The van der Waals surface area contributed by atoms with E-state index in [0.29, 0.717) is 11.7 Å². The van der Waals surface area contributed by atoms with Gasteiger partial charge in [0.15, 0.2) is 5.11 Å². The van der Waals surface area contributed by atoms with Crippen LogP contribution in [0, 0.1) is 26.6 Å². The Morgan fingerprint density at radius 2 is 1.82 bits per heavy atom. The van der Waals surface area contributed by atoms with Crippen molar-refractivity contribution in [3.63, 3.8) is 0 Å². The summed E-state index contributed by atoms with van der Waals surface area (Å²) in [4.78, 5) is 24.1. The number of anilines is 1. The Kier molecular flexibility index (Phi) is 7.20. The monoisotopic (exact) mass is 528 g/mol. The number of carbonyl (C=O) groups is 1. The number of hydrogen-bond acceptors (Lipinski definition) is 4. The molecule has 1 fully saturated rings. The van der Waals surface area contributed by atoms with Crippen LogP contribution >= 0.6 is 12.2 Å². The third-order valence-electron chi connectivity index (χ3n) is 6.91. The number of thiocarbonyl (C=S) groups is 1. The molecule has 1 amide bonds. The minimum absolute atomic E-state index is 0.139. The lowest BCUT2D eigenvalue weighted by molar-refractivity contribution is -0.116. The van der Waals surface area contributed by atoms with Gasteiger partial charge in [-0.2, -0.15) is 0 Å². The zero-order chi connectivity index (χ0) is 26.8. The first-order valence-electron chi connectivity index (χ1n) is 12.5. The highest BCUT2D eigenvalue weighted by Gasteiger charge is 2.41. The van der Waals surface area contributed by atoms with Crippen molar-refractivity contribution in [1.29, 1.82) is 0 Å². The van der Waals surface area contributed by atoms with Gasteiger partial charge in [0.1, 0.15) is 11.6 Å². The minimum atomic E-state index is -0.468. The molecule has 0 saturated carbocycles. The van der Waals surface area contributed by atoms with E-state index in [2.05, 4.69) is 45.1 Å². The summed E-state index contributed by atoms with van der Waals surface area (Å²) in [6, 6.07) is 17.7. The van der Waals surface area contributed by atoms with Crippen LogP contribution in [-0.2, 0) is 4.79 Å². The molecule has 2 atom stereocenters. The third-order valence-corrected chi connectivity index (χ3v) is 7.26. The fraction of sp³-hybridized carbons (Fsp3) is 0.241. The van der Waals surface area contributed by atoms with Gasteiger partial charge in [0.2, 0.25) is 5.91 Å². The van der Waals surface area contributed by atoms with Crippen LogP contribution in [-0.4, -0.2) is 37.0 Å². The number of amides is 1. The zero-order valence-electron chi connectivity index (χ0n) is 21.5. The Morgan fingerprint density at radius 1 is 1.05 bits per heavy atom. The van der Waals surface area contributed by atoms with Crippen molar-refractivity contribution in [2.24, 2.45) is 0 Å². The molecule has 3 aromatic heterocycles. The molecule has 38 heavy (non-hydrogen) atoms. The molecular formula is C29H29FN6OS. The maximum atomic E-state index is 14.1. The van der Waals surface area contributed by atoms with Gasteiger partial charge in [0.25, 0.3) is 0 Å². The predicted octanol–water partition coefficient (Wildman–Crippen LogP) is 5.33. The first kappa shape index (κ1) is 25.5. The number of benzene rings is 1. The van der Waals surface area contributed by atoms with Gasteiger partial charge in [-0.25, -0.2) is 9.37 Å². The van der Waals surface area contributed by atoms with Crippen molar-refractivity contribution >= 4 is 28.9 Å². The molecule has 0 radical (unpaired) electrons. The standard InChI is InChI=1S/C29H29FN6OS/c1-18-9-8-15-32-28(18)36-19(2)17-21(20(36)3)27-26(24-12-6-7-14-31-24)34-29(38)35(27)16-13-25(37)33-23-11-5-4-10-22(23)30/h4-12,14-15,17,26-27H,13,16H2,1-3H3,(H,33,37)(H,34,38)/t26-,27+/m0/s1. The molecule has 1 aliphatic heterocycles. The quantitative estimate of drug-likeness (QED) is 0.316. The minimum Gasteiger partial charge on any atom is -0.352 e. The number of carbonyl (C=O) groups excluding carboxylic acids is 1. The number of aromatic nitrogens is 3. The van der Waals surface area contributed by atoms with Crippen LogP contribution in [0.1, 0.15) is 46.7 Å². The second-order valence-electron chi connectivity index (χ2n) is 9.40. The summed E-state index contributed by atoms with van der Waals surface area (Å²) in [6.45, 7) is 6.54. The molecule has 0 bridgehead atoms. The molecule has 0 spiro atoms. The van der Waals surface area contributed by atoms with Crippen LogP contribution in [0.25, 0.3) is 5.82 Å². The second-order valence-corrected chi connectivity index (χ2v) is 9.79. The maximum Gasteiger partial charge on any atom is 0.226 e. The van der Waals surface area contributed by atoms with E-state index in [1.54, 1.807) is 30.6 Å². The summed E-state index contributed by atoms with van der Waals surface area (Å²) in [7, 11) is 0. The van der Waals surface area contributed by atoms with Crippen LogP contribution < -0.4 is 10.6 Å². The van der Waals surface area contributed by atoms with E-state index in [1.165, 1.54) is 6.07 Å². The van der Waals surface area contributed by atoms with E-state index in [9.17, 15) is 9.18 Å². The molecule has 4 aromatic rings.